The van der Waals surface area contributed by atoms with Gasteiger partial charge < -0.3 is 10.2 Å². The van der Waals surface area contributed by atoms with Gasteiger partial charge in [0.05, 0.1) is 0 Å². The maximum atomic E-state index is 10.7. The van der Waals surface area contributed by atoms with Crippen molar-refractivity contribution in [3.8, 4) is 11.5 Å². The second kappa shape index (κ2) is 6.21. The summed E-state index contributed by atoms with van der Waals surface area (Å²) in [5, 5.41) is 17.7. The maximum Gasteiger partial charge on any atom is 0.298 e. The first-order valence-electron chi connectivity index (χ1n) is 5.32. The molecule has 0 atom stereocenters. The molecule has 2 rings (SSSR count). The van der Waals surface area contributed by atoms with Crippen molar-refractivity contribution in [2.45, 2.75) is 11.8 Å². The Labute approximate surface area is 111 Å². The average molecular weight is 282 g/mol. The van der Waals surface area contributed by atoms with E-state index in [4.69, 9.17) is 14.8 Å². The van der Waals surface area contributed by atoms with E-state index in [1.807, 2.05) is 6.07 Å². The molecule has 0 heterocycles. The molecule has 5 nitrogen and oxygen atoms in total. The zero-order valence-electron chi connectivity index (χ0n) is 10.2. The van der Waals surface area contributed by atoms with E-state index < -0.39 is 20.8 Å². The molecule has 0 aliphatic carbocycles. The Morgan fingerprint density at radius 2 is 1.47 bits per heavy atom. The first-order chi connectivity index (χ1) is 8.82. The van der Waals surface area contributed by atoms with Gasteiger partial charge in [0.15, 0.2) is 0 Å². The van der Waals surface area contributed by atoms with Crippen molar-refractivity contribution in [1.82, 2.24) is 0 Å². The summed E-state index contributed by atoms with van der Waals surface area (Å²) in [6.07, 6.45) is 0. The Morgan fingerprint density at radius 1 is 0.895 bits per heavy atom. The topological polar surface area (TPSA) is 94.8 Å². The lowest BCUT2D eigenvalue weighted by atomic mass is 10.2. The highest BCUT2D eigenvalue weighted by molar-refractivity contribution is 7.86. The lowest BCUT2D eigenvalue weighted by molar-refractivity contribution is 0.442. The Balaban J connectivity index is 0.000000218. The van der Waals surface area contributed by atoms with Crippen LogP contribution in [-0.2, 0) is 10.1 Å². The van der Waals surface area contributed by atoms with Gasteiger partial charge in [-0.2, -0.15) is 8.42 Å². The molecule has 0 aliphatic rings. The third kappa shape index (κ3) is 4.61. The molecular formula is C13H14O5S. The first kappa shape index (κ1) is 15.0. The molecule has 0 saturated carbocycles. The summed E-state index contributed by atoms with van der Waals surface area (Å²) in [7, 11) is -4.31. The summed E-state index contributed by atoms with van der Waals surface area (Å²) in [4.78, 5) is -0.426. The molecule has 0 radical (unpaired) electrons. The monoisotopic (exact) mass is 282 g/mol. The molecule has 102 valence electrons. The normalized spacial score (nSPS) is 10.4. The molecule has 2 aromatic carbocycles. The van der Waals surface area contributed by atoms with Crippen LogP contribution in [-0.4, -0.2) is 23.2 Å². The molecule has 0 aromatic heterocycles. The van der Waals surface area contributed by atoms with Crippen LogP contribution >= 0.6 is 0 Å². The smallest absolute Gasteiger partial charge is 0.298 e. The number of aryl methyl sites for hydroxylation is 1. The molecule has 0 unspecified atom stereocenters. The van der Waals surface area contributed by atoms with Crippen LogP contribution in [0.2, 0.25) is 0 Å². The molecule has 6 heteroatoms. The summed E-state index contributed by atoms with van der Waals surface area (Å²) in [6, 6.07) is 12.9. The fraction of sp³-hybridized carbons (Fsp3) is 0.0769. The van der Waals surface area contributed by atoms with E-state index in [0.717, 1.165) is 0 Å². The second-order valence-corrected chi connectivity index (χ2v) is 5.09. The predicted octanol–water partition coefficient (Wildman–Crippen LogP) is 2.34. The fourth-order valence-electron chi connectivity index (χ4n) is 1.40. The van der Waals surface area contributed by atoms with Crippen molar-refractivity contribution in [3.05, 3.63) is 54.1 Å². The van der Waals surface area contributed by atoms with Crippen LogP contribution < -0.4 is 0 Å². The molecule has 0 aliphatic heterocycles. The van der Waals surface area contributed by atoms with Gasteiger partial charge in [0.2, 0.25) is 0 Å². The number of benzene rings is 2. The van der Waals surface area contributed by atoms with Gasteiger partial charge in [0, 0.05) is 0 Å². The molecular weight excluding hydrogens is 268 g/mol. The third-order valence-corrected chi connectivity index (χ3v) is 3.25. The van der Waals surface area contributed by atoms with Crippen LogP contribution in [0, 0.1) is 6.92 Å². The van der Waals surface area contributed by atoms with Crippen molar-refractivity contribution >= 4 is 10.1 Å². The van der Waals surface area contributed by atoms with E-state index in [2.05, 4.69) is 0 Å². The lowest BCUT2D eigenvalue weighted by Crippen LogP contribution is -2.00. The maximum absolute atomic E-state index is 10.7. The number of hydrogen-bond donors (Lipinski definition) is 3. The number of aromatic hydroxyl groups is 2. The van der Waals surface area contributed by atoms with Crippen LogP contribution in [0.15, 0.2) is 53.4 Å². The number of phenolic OH excluding ortho intramolecular Hbond substituents is 2. The minimum absolute atomic E-state index is 0.317. The summed E-state index contributed by atoms with van der Waals surface area (Å²) >= 11 is 0. The van der Waals surface area contributed by atoms with Gasteiger partial charge in [0.1, 0.15) is 16.4 Å². The first-order valence-corrected chi connectivity index (χ1v) is 6.76. The number of hydrogen-bond acceptors (Lipinski definition) is 4. The standard InChI is InChI=1S/C7H8O4S.C6H6O/c1-5-3-2-4-6(8)7(5)12(9,10)11;7-6-4-2-1-3-5-6/h2-4,8H,1H3,(H,9,10,11);1-5,7H. The fourth-order valence-corrected chi connectivity index (χ4v) is 2.21. The second-order valence-electron chi connectivity index (χ2n) is 3.73. The number of phenols is 2. The SMILES string of the molecule is Cc1cccc(O)c1S(=O)(=O)O.Oc1ccccc1. The number of para-hydroxylation sites is 1. The van der Waals surface area contributed by atoms with Gasteiger partial charge in [-0.05, 0) is 30.7 Å². The van der Waals surface area contributed by atoms with E-state index in [9.17, 15) is 8.42 Å². The van der Waals surface area contributed by atoms with E-state index in [1.165, 1.54) is 25.1 Å². The predicted molar refractivity (Wildman–Crippen MR) is 70.8 cm³/mol. The van der Waals surface area contributed by atoms with E-state index in [1.54, 1.807) is 24.3 Å². The van der Waals surface area contributed by atoms with Crippen LogP contribution in [0.25, 0.3) is 0 Å². The molecule has 0 amide bonds. The van der Waals surface area contributed by atoms with Crippen LogP contribution in [0.3, 0.4) is 0 Å². The highest BCUT2D eigenvalue weighted by Crippen LogP contribution is 2.24. The molecule has 0 spiro atoms. The Morgan fingerprint density at radius 3 is 1.79 bits per heavy atom. The van der Waals surface area contributed by atoms with Gasteiger partial charge in [-0.1, -0.05) is 30.3 Å². The van der Waals surface area contributed by atoms with Gasteiger partial charge in [-0.15, -0.1) is 0 Å². The molecule has 19 heavy (non-hydrogen) atoms. The van der Waals surface area contributed by atoms with E-state index in [-0.39, 0.29) is 0 Å². The Kier molecular flexibility index (Phi) is 4.91. The largest absolute Gasteiger partial charge is 0.508 e. The zero-order valence-corrected chi connectivity index (χ0v) is 11.0. The van der Waals surface area contributed by atoms with E-state index in [0.29, 0.717) is 11.3 Å². The van der Waals surface area contributed by atoms with Crippen LogP contribution in [0.5, 0.6) is 11.5 Å². The molecule has 2 aromatic rings. The quantitative estimate of drug-likeness (QED) is 0.698. The molecule has 0 saturated heterocycles. The van der Waals surface area contributed by atoms with Crippen molar-refractivity contribution in [2.24, 2.45) is 0 Å². The van der Waals surface area contributed by atoms with Crippen LogP contribution in [0.4, 0.5) is 0 Å². The van der Waals surface area contributed by atoms with Crippen molar-refractivity contribution in [3.63, 3.8) is 0 Å². The summed E-state index contributed by atoms with van der Waals surface area (Å²) in [5.74, 6) is -0.111. The summed E-state index contributed by atoms with van der Waals surface area (Å²) < 4.78 is 30.0. The Hall–Kier alpha value is -2.05. The highest BCUT2D eigenvalue weighted by atomic mass is 32.2. The summed E-state index contributed by atoms with van der Waals surface area (Å²) in [6.45, 7) is 1.49. The zero-order chi connectivity index (χ0) is 14.5. The van der Waals surface area contributed by atoms with Gasteiger partial charge in [0.25, 0.3) is 10.1 Å². The lowest BCUT2D eigenvalue weighted by Gasteiger charge is -2.03. The molecule has 3 N–H and O–H groups in total. The van der Waals surface area contributed by atoms with Gasteiger partial charge in [-0.25, -0.2) is 0 Å². The molecule has 0 bridgehead atoms. The number of rotatable bonds is 1. The van der Waals surface area contributed by atoms with E-state index >= 15 is 0 Å². The molecule has 0 fully saturated rings. The minimum Gasteiger partial charge on any atom is -0.508 e. The van der Waals surface area contributed by atoms with Crippen molar-refractivity contribution < 1.29 is 23.2 Å². The van der Waals surface area contributed by atoms with Gasteiger partial charge in [-0.3, -0.25) is 4.55 Å². The average Bonchev–Trinajstić information content (AvgIpc) is 2.28. The van der Waals surface area contributed by atoms with Crippen molar-refractivity contribution in [1.29, 1.82) is 0 Å². The van der Waals surface area contributed by atoms with Crippen molar-refractivity contribution in [2.75, 3.05) is 0 Å². The Bertz CT molecular complexity index is 615. The minimum atomic E-state index is -4.31. The van der Waals surface area contributed by atoms with Crippen LogP contribution in [0.1, 0.15) is 5.56 Å². The van der Waals surface area contributed by atoms with Gasteiger partial charge >= 0.3 is 0 Å². The summed E-state index contributed by atoms with van der Waals surface area (Å²) in [5.41, 5.74) is 0.317. The highest BCUT2D eigenvalue weighted by Gasteiger charge is 2.17. The third-order valence-electron chi connectivity index (χ3n) is 2.21.